The molecule has 0 saturated carbocycles. The predicted octanol–water partition coefficient (Wildman–Crippen LogP) is 9.03. The molecule has 0 bridgehead atoms. The van der Waals surface area contributed by atoms with E-state index in [1.807, 2.05) is 20.0 Å². The van der Waals surface area contributed by atoms with E-state index in [4.69, 9.17) is 6.35 Å². The predicted molar refractivity (Wildman–Crippen MR) is 136 cm³/mol. The van der Waals surface area contributed by atoms with E-state index in [-0.39, 0.29) is 0 Å². The third-order valence-electron chi connectivity index (χ3n) is 6.00. The van der Waals surface area contributed by atoms with Crippen LogP contribution in [0.5, 0.6) is 0 Å². The molecule has 2 heterocycles. The Morgan fingerprint density at radius 1 is 0.806 bits per heavy atom. The van der Waals surface area contributed by atoms with Gasteiger partial charge in [0.15, 0.2) is 0 Å². The van der Waals surface area contributed by atoms with Crippen LogP contribution >= 0.6 is 11.3 Å². The van der Waals surface area contributed by atoms with Crippen LogP contribution in [-0.4, -0.2) is 4.98 Å². The van der Waals surface area contributed by atoms with Crippen LogP contribution in [0.3, 0.4) is 0 Å². The highest BCUT2D eigenvalue weighted by molar-refractivity contribution is 7.26. The number of aromatic nitrogens is 1. The zero-order chi connectivity index (χ0) is 22.5. The average Bonchev–Trinajstić information content (AvgIpc) is 3.18. The minimum Gasteiger partial charge on any atom is -0.256 e. The maximum atomic E-state index is 8.73. The topological polar surface area (TPSA) is 12.9 Å². The second-order valence-corrected chi connectivity index (χ2v) is 9.66. The van der Waals surface area contributed by atoms with E-state index in [2.05, 4.69) is 86.6 Å². The second-order valence-electron chi connectivity index (χ2n) is 8.64. The maximum absolute atomic E-state index is 8.73. The number of hydrogen-bond acceptors (Lipinski definition) is 2. The van der Waals surface area contributed by atoms with E-state index in [0.29, 0.717) is 5.92 Å². The molecule has 1 nitrogen and oxygen atoms in total. The van der Waals surface area contributed by atoms with Gasteiger partial charge in [-0.3, -0.25) is 4.98 Å². The highest BCUT2D eigenvalue weighted by Crippen LogP contribution is 2.46. The summed E-state index contributed by atoms with van der Waals surface area (Å²) in [5.41, 5.74) is 6.99. The summed E-state index contributed by atoms with van der Waals surface area (Å²) in [5, 5.41) is 2.49. The van der Waals surface area contributed by atoms with Gasteiger partial charge < -0.3 is 0 Å². The van der Waals surface area contributed by atoms with Gasteiger partial charge in [-0.05, 0) is 46.2 Å². The fraction of sp³-hybridized carbons (Fsp3) is 0.207. The number of fused-ring (bicyclic) bond motifs is 3. The number of rotatable bonds is 4. The normalized spacial score (nSPS) is 12.6. The van der Waals surface area contributed by atoms with Crippen LogP contribution in [0.4, 0.5) is 0 Å². The molecule has 0 saturated heterocycles. The van der Waals surface area contributed by atoms with Gasteiger partial charge in [-0.2, -0.15) is 0 Å². The maximum Gasteiger partial charge on any atom is 0.0719 e. The van der Waals surface area contributed by atoms with E-state index in [9.17, 15) is 0 Å². The summed E-state index contributed by atoms with van der Waals surface area (Å²) in [6.07, 6.45) is 1.92. The lowest BCUT2D eigenvalue weighted by Gasteiger charge is -2.11. The molecule has 0 fully saturated rings. The molecule has 0 atom stereocenters. The largest absolute Gasteiger partial charge is 0.256 e. The lowest BCUT2D eigenvalue weighted by atomic mass is 9.94. The fourth-order valence-corrected chi connectivity index (χ4v) is 5.78. The summed E-state index contributed by atoms with van der Waals surface area (Å²) in [4.78, 5) is 4.76. The summed E-state index contributed by atoms with van der Waals surface area (Å²) in [6, 6.07) is 25.8. The van der Waals surface area contributed by atoms with Gasteiger partial charge in [-0.1, -0.05) is 88.4 Å². The number of nitrogens with zero attached hydrogens (tertiary/aromatic N) is 1. The number of thiophene rings is 1. The van der Waals surface area contributed by atoms with E-state index >= 15 is 0 Å². The molecule has 0 N–H and O–H groups in total. The summed E-state index contributed by atoms with van der Waals surface area (Å²) >= 11 is 1.80. The summed E-state index contributed by atoms with van der Waals surface area (Å²) in [7, 11) is 0. The van der Waals surface area contributed by atoms with E-state index in [0.717, 1.165) is 16.8 Å². The smallest absolute Gasteiger partial charge is 0.0719 e. The number of pyridine rings is 1. The van der Waals surface area contributed by atoms with Crippen LogP contribution in [0, 0.1) is 0 Å². The Labute approximate surface area is 189 Å². The standard InChI is InChI=1S/C29H27NS/c1-18(2)21-15-16-30-26(17-21)24-14-13-23(20-9-6-5-7-10-20)27-25-12-8-11-22(19(3)4)28(25)31-29(24)27/h5-19H,1-4H3/i19D. The molecule has 3 aromatic carbocycles. The minimum atomic E-state index is -0.663. The average molecular weight is 423 g/mol. The first-order valence-corrected chi connectivity index (χ1v) is 11.7. The SMILES string of the molecule is [2H]C(C)(C)c1cccc2c1sc1c(-c3cc(C(C)C)ccn3)ccc(-c3ccccc3)c12. The lowest BCUT2D eigenvalue weighted by molar-refractivity contribution is 0.864. The third kappa shape index (κ3) is 3.45. The Morgan fingerprint density at radius 2 is 1.58 bits per heavy atom. The van der Waals surface area contributed by atoms with Crippen LogP contribution in [0.25, 0.3) is 42.6 Å². The second kappa shape index (κ2) is 7.94. The van der Waals surface area contributed by atoms with Crippen molar-refractivity contribution in [3.05, 3.63) is 90.1 Å². The summed E-state index contributed by atoms with van der Waals surface area (Å²) < 4.78 is 11.2. The first-order chi connectivity index (χ1) is 15.3. The van der Waals surface area contributed by atoms with Crippen molar-refractivity contribution in [3.63, 3.8) is 0 Å². The van der Waals surface area contributed by atoms with Gasteiger partial charge in [0.05, 0.1) is 5.69 Å². The Morgan fingerprint density at radius 3 is 2.32 bits per heavy atom. The Balaban J connectivity index is 1.90. The van der Waals surface area contributed by atoms with Crippen molar-refractivity contribution in [1.29, 1.82) is 0 Å². The molecular weight excluding hydrogens is 394 g/mol. The highest BCUT2D eigenvalue weighted by Gasteiger charge is 2.18. The van der Waals surface area contributed by atoms with Crippen molar-refractivity contribution < 1.29 is 1.37 Å². The van der Waals surface area contributed by atoms with Crippen molar-refractivity contribution >= 4 is 31.5 Å². The molecule has 0 aliphatic heterocycles. The van der Waals surface area contributed by atoms with Gasteiger partial charge in [0.1, 0.15) is 0 Å². The summed E-state index contributed by atoms with van der Waals surface area (Å²) in [5.74, 6) is -0.211. The van der Waals surface area contributed by atoms with Crippen molar-refractivity contribution in [1.82, 2.24) is 4.98 Å². The Kier molecular flexibility index (Phi) is 4.81. The molecule has 0 unspecified atom stereocenters. The van der Waals surface area contributed by atoms with Crippen LogP contribution in [-0.2, 0) is 0 Å². The third-order valence-corrected chi connectivity index (χ3v) is 7.27. The van der Waals surface area contributed by atoms with Crippen molar-refractivity contribution in [2.75, 3.05) is 0 Å². The van der Waals surface area contributed by atoms with Gasteiger partial charge >= 0.3 is 0 Å². The minimum absolute atomic E-state index is 0.453. The number of benzene rings is 3. The van der Waals surface area contributed by atoms with Crippen LogP contribution in [0.1, 0.15) is 52.0 Å². The molecule has 0 aliphatic carbocycles. The fourth-order valence-electron chi connectivity index (χ4n) is 4.31. The molecule has 31 heavy (non-hydrogen) atoms. The lowest BCUT2D eigenvalue weighted by Crippen LogP contribution is -1.91. The molecule has 2 heteroatoms. The Bertz CT molecular complexity index is 1420. The summed E-state index contributed by atoms with van der Waals surface area (Å²) in [6.45, 7) is 8.38. The molecule has 5 rings (SSSR count). The van der Waals surface area contributed by atoms with Gasteiger partial charge in [-0.15, -0.1) is 11.3 Å². The first-order valence-electron chi connectivity index (χ1n) is 11.3. The van der Waals surface area contributed by atoms with Gasteiger partial charge in [-0.25, -0.2) is 0 Å². The molecule has 2 aromatic heterocycles. The molecule has 5 aromatic rings. The molecular formula is C29H27NS. The van der Waals surface area contributed by atoms with E-state index < -0.39 is 5.89 Å². The van der Waals surface area contributed by atoms with E-state index in [1.54, 1.807) is 11.3 Å². The zero-order valence-corrected chi connectivity index (χ0v) is 19.3. The molecule has 0 radical (unpaired) electrons. The van der Waals surface area contributed by atoms with Crippen LogP contribution in [0.15, 0.2) is 79.0 Å². The van der Waals surface area contributed by atoms with Crippen LogP contribution < -0.4 is 0 Å². The zero-order valence-electron chi connectivity index (χ0n) is 19.4. The highest BCUT2D eigenvalue weighted by atomic mass is 32.1. The molecule has 154 valence electrons. The Hall–Kier alpha value is -2.97. The van der Waals surface area contributed by atoms with Gasteiger partial charge in [0.25, 0.3) is 0 Å². The van der Waals surface area contributed by atoms with Crippen LogP contribution in [0.2, 0.25) is 0 Å². The van der Waals surface area contributed by atoms with Gasteiger partial charge in [0.2, 0.25) is 0 Å². The van der Waals surface area contributed by atoms with Crippen molar-refractivity contribution in [3.8, 4) is 22.4 Å². The molecule has 0 aliphatic rings. The molecule has 0 amide bonds. The quantitative estimate of drug-likeness (QED) is 0.281. The van der Waals surface area contributed by atoms with Crippen molar-refractivity contribution in [2.24, 2.45) is 0 Å². The number of hydrogen-bond donors (Lipinski definition) is 0. The van der Waals surface area contributed by atoms with E-state index in [1.165, 1.54) is 36.9 Å². The monoisotopic (exact) mass is 422 g/mol. The van der Waals surface area contributed by atoms with Gasteiger partial charge in [0, 0.05) is 33.3 Å². The first kappa shape index (κ1) is 18.8. The van der Waals surface area contributed by atoms with Crippen molar-refractivity contribution in [2.45, 2.75) is 39.5 Å². The molecule has 0 spiro atoms.